The Morgan fingerprint density at radius 1 is 1.62 bits per heavy atom. The van der Waals surface area contributed by atoms with E-state index in [0.29, 0.717) is 17.1 Å². The largest absolute Gasteiger partial charge is 0.348 e. The molecule has 0 saturated heterocycles. The van der Waals surface area contributed by atoms with Gasteiger partial charge in [0.05, 0.1) is 5.02 Å². The van der Waals surface area contributed by atoms with E-state index < -0.39 is 0 Å². The van der Waals surface area contributed by atoms with Crippen LogP contribution < -0.4 is 11.1 Å². The summed E-state index contributed by atoms with van der Waals surface area (Å²) in [6.07, 6.45) is 0. The minimum atomic E-state index is -0.147. The maximum Gasteiger partial charge on any atom is 0.251 e. The first-order valence-electron chi connectivity index (χ1n) is 4.50. The number of halogens is 3. The number of benzene rings is 1. The molecule has 1 amide bonds. The zero-order valence-electron chi connectivity index (χ0n) is 8.67. The fourth-order valence-corrected chi connectivity index (χ4v) is 1.52. The SMILES string of the molecule is C[C@@H](CN)NC(=O)c1ccc(I)c(Cl)c1.Cl. The summed E-state index contributed by atoms with van der Waals surface area (Å²) in [5, 5.41) is 3.35. The van der Waals surface area contributed by atoms with Gasteiger partial charge in [-0.3, -0.25) is 4.79 Å². The van der Waals surface area contributed by atoms with E-state index in [1.807, 2.05) is 13.0 Å². The normalized spacial score (nSPS) is 11.5. The monoisotopic (exact) mass is 374 g/mol. The van der Waals surface area contributed by atoms with Gasteiger partial charge in [0.2, 0.25) is 0 Å². The van der Waals surface area contributed by atoms with Gasteiger partial charge in [-0.2, -0.15) is 0 Å². The minimum absolute atomic E-state index is 0. The van der Waals surface area contributed by atoms with Gasteiger partial charge in [-0.25, -0.2) is 0 Å². The number of nitrogens with one attached hydrogen (secondary N) is 1. The summed E-state index contributed by atoms with van der Waals surface area (Å²) in [5.74, 6) is -0.147. The van der Waals surface area contributed by atoms with Crippen LogP contribution in [0, 0.1) is 3.57 Å². The van der Waals surface area contributed by atoms with Gasteiger partial charge in [-0.05, 0) is 47.7 Å². The molecule has 0 aliphatic heterocycles. The number of rotatable bonds is 3. The van der Waals surface area contributed by atoms with E-state index in [-0.39, 0.29) is 24.4 Å². The molecule has 0 aromatic heterocycles. The Bertz CT molecular complexity index is 374. The van der Waals surface area contributed by atoms with E-state index in [9.17, 15) is 4.79 Å². The van der Waals surface area contributed by atoms with Crippen LogP contribution in [0.3, 0.4) is 0 Å². The van der Waals surface area contributed by atoms with Crippen molar-refractivity contribution in [3.05, 3.63) is 32.4 Å². The molecule has 1 rings (SSSR count). The quantitative estimate of drug-likeness (QED) is 0.798. The molecular formula is C10H13Cl2IN2O. The van der Waals surface area contributed by atoms with E-state index in [1.165, 1.54) is 0 Å². The van der Waals surface area contributed by atoms with Crippen LogP contribution in [0.25, 0.3) is 0 Å². The maximum atomic E-state index is 11.6. The molecule has 16 heavy (non-hydrogen) atoms. The third-order valence-corrected chi connectivity index (χ3v) is 3.49. The van der Waals surface area contributed by atoms with Crippen molar-refractivity contribution in [1.82, 2.24) is 5.32 Å². The van der Waals surface area contributed by atoms with E-state index in [2.05, 4.69) is 27.9 Å². The van der Waals surface area contributed by atoms with Gasteiger partial charge in [0, 0.05) is 21.7 Å². The molecule has 6 heteroatoms. The molecule has 0 saturated carbocycles. The topological polar surface area (TPSA) is 55.1 Å². The zero-order valence-corrected chi connectivity index (χ0v) is 12.4. The number of carbonyl (C=O) groups is 1. The van der Waals surface area contributed by atoms with Gasteiger partial charge < -0.3 is 11.1 Å². The average Bonchev–Trinajstić information content (AvgIpc) is 2.21. The van der Waals surface area contributed by atoms with Gasteiger partial charge in [0.1, 0.15) is 0 Å². The predicted molar refractivity (Wildman–Crippen MR) is 77.4 cm³/mol. The molecular weight excluding hydrogens is 362 g/mol. The lowest BCUT2D eigenvalue weighted by Gasteiger charge is -2.11. The lowest BCUT2D eigenvalue weighted by atomic mass is 10.2. The second-order valence-corrected chi connectivity index (χ2v) is 4.81. The van der Waals surface area contributed by atoms with Gasteiger partial charge in [-0.15, -0.1) is 12.4 Å². The van der Waals surface area contributed by atoms with Crippen LogP contribution in [0.5, 0.6) is 0 Å². The van der Waals surface area contributed by atoms with E-state index in [4.69, 9.17) is 17.3 Å². The van der Waals surface area contributed by atoms with Crippen LogP contribution in [0.2, 0.25) is 5.02 Å². The molecule has 3 nitrogen and oxygen atoms in total. The highest BCUT2D eigenvalue weighted by Gasteiger charge is 2.09. The van der Waals surface area contributed by atoms with Crippen LogP contribution in [-0.4, -0.2) is 18.5 Å². The molecule has 1 aromatic carbocycles. The van der Waals surface area contributed by atoms with Gasteiger partial charge in [0.15, 0.2) is 0 Å². The summed E-state index contributed by atoms with van der Waals surface area (Å²) in [4.78, 5) is 11.6. The Kier molecular flexibility index (Phi) is 7.30. The summed E-state index contributed by atoms with van der Waals surface area (Å²) in [6, 6.07) is 5.18. The first-order chi connectivity index (χ1) is 7.04. The highest BCUT2D eigenvalue weighted by atomic mass is 127. The third kappa shape index (κ3) is 4.45. The van der Waals surface area contributed by atoms with Crippen molar-refractivity contribution in [3.63, 3.8) is 0 Å². The van der Waals surface area contributed by atoms with E-state index in [1.54, 1.807) is 12.1 Å². The molecule has 3 N–H and O–H groups in total. The highest BCUT2D eigenvalue weighted by Crippen LogP contribution is 2.19. The molecule has 0 aliphatic rings. The van der Waals surface area contributed by atoms with Crippen molar-refractivity contribution in [2.24, 2.45) is 5.73 Å². The van der Waals surface area contributed by atoms with Crippen molar-refractivity contribution in [2.75, 3.05) is 6.54 Å². The molecule has 0 spiro atoms. The first kappa shape index (κ1) is 16.0. The lowest BCUT2D eigenvalue weighted by molar-refractivity contribution is 0.0941. The standard InChI is InChI=1S/C10H12ClIN2O.ClH/c1-6(5-13)14-10(15)7-2-3-9(12)8(11)4-7;/h2-4,6H,5,13H2,1H3,(H,14,15);1H/t6-;/m0./s1. The smallest absolute Gasteiger partial charge is 0.251 e. The van der Waals surface area contributed by atoms with Crippen molar-refractivity contribution in [3.8, 4) is 0 Å². The summed E-state index contributed by atoms with van der Waals surface area (Å²) in [6.45, 7) is 2.27. The fourth-order valence-electron chi connectivity index (χ4n) is 1.00. The van der Waals surface area contributed by atoms with Crippen LogP contribution in [0.15, 0.2) is 18.2 Å². The van der Waals surface area contributed by atoms with Crippen molar-refractivity contribution >= 4 is 52.5 Å². The number of amides is 1. The van der Waals surface area contributed by atoms with Gasteiger partial charge in [0.25, 0.3) is 5.91 Å². The third-order valence-electron chi connectivity index (χ3n) is 1.91. The Morgan fingerprint density at radius 2 is 2.25 bits per heavy atom. The minimum Gasteiger partial charge on any atom is -0.348 e. The molecule has 90 valence electrons. The summed E-state index contributed by atoms with van der Waals surface area (Å²) < 4.78 is 0.928. The van der Waals surface area contributed by atoms with Crippen molar-refractivity contribution in [2.45, 2.75) is 13.0 Å². The zero-order chi connectivity index (χ0) is 11.4. The molecule has 0 fully saturated rings. The molecule has 0 bridgehead atoms. The van der Waals surface area contributed by atoms with Crippen LogP contribution in [-0.2, 0) is 0 Å². The van der Waals surface area contributed by atoms with Crippen molar-refractivity contribution < 1.29 is 4.79 Å². The van der Waals surface area contributed by atoms with Crippen LogP contribution in [0.4, 0.5) is 0 Å². The lowest BCUT2D eigenvalue weighted by Crippen LogP contribution is -2.37. The maximum absolute atomic E-state index is 11.6. The number of hydrogen-bond donors (Lipinski definition) is 2. The Labute approximate surface area is 120 Å². The Balaban J connectivity index is 0.00000225. The van der Waals surface area contributed by atoms with Crippen LogP contribution in [0.1, 0.15) is 17.3 Å². The predicted octanol–water partition coefficient (Wildman–Crippen LogP) is 2.44. The Hall–Kier alpha value is -0.0400. The van der Waals surface area contributed by atoms with Crippen molar-refractivity contribution in [1.29, 1.82) is 0 Å². The van der Waals surface area contributed by atoms with E-state index in [0.717, 1.165) is 3.57 Å². The summed E-state index contributed by atoms with van der Waals surface area (Å²) in [7, 11) is 0. The molecule has 1 aromatic rings. The average molecular weight is 375 g/mol. The molecule has 0 unspecified atom stereocenters. The Morgan fingerprint density at radius 3 is 2.75 bits per heavy atom. The summed E-state index contributed by atoms with van der Waals surface area (Å²) >= 11 is 8.03. The fraction of sp³-hybridized carbons (Fsp3) is 0.300. The van der Waals surface area contributed by atoms with E-state index >= 15 is 0 Å². The number of carbonyl (C=O) groups excluding carboxylic acids is 1. The number of hydrogen-bond acceptors (Lipinski definition) is 2. The van der Waals surface area contributed by atoms with Gasteiger partial charge >= 0.3 is 0 Å². The molecule has 0 aliphatic carbocycles. The molecule has 0 heterocycles. The van der Waals surface area contributed by atoms with Gasteiger partial charge in [-0.1, -0.05) is 11.6 Å². The number of nitrogens with two attached hydrogens (primary N) is 1. The first-order valence-corrected chi connectivity index (χ1v) is 5.96. The second kappa shape index (κ2) is 7.32. The highest BCUT2D eigenvalue weighted by molar-refractivity contribution is 14.1. The molecule has 0 radical (unpaired) electrons. The van der Waals surface area contributed by atoms with Crippen LogP contribution >= 0.6 is 46.6 Å². The summed E-state index contributed by atoms with van der Waals surface area (Å²) in [5.41, 5.74) is 5.97. The molecule has 1 atom stereocenters. The second-order valence-electron chi connectivity index (χ2n) is 3.24.